The molecule has 0 aliphatic rings. The molecule has 0 saturated carbocycles. The molecule has 0 unspecified atom stereocenters. The monoisotopic (exact) mass is 347 g/mol. The molecule has 2 aromatic carbocycles. The van der Waals surface area contributed by atoms with Crippen molar-refractivity contribution in [1.29, 1.82) is 0 Å². The molecule has 0 atom stereocenters. The van der Waals surface area contributed by atoms with Crippen LogP contribution in [0.5, 0.6) is 0 Å². The molecule has 1 heterocycles. The molecule has 2 amide bonds. The van der Waals surface area contributed by atoms with E-state index in [0.717, 1.165) is 11.3 Å². The molecule has 132 valence electrons. The van der Waals surface area contributed by atoms with Gasteiger partial charge in [-0.05, 0) is 43.7 Å². The standard InChI is InChI=1S/C21H21N3O2/c1-21(2,16-10-4-3-5-11-16)20(26)23-22-19(25)17-12-6-7-13-18(17)24-14-8-9-15-24/h3-15H,1-2H3,(H,22,25)(H,23,26). The molecule has 3 aromatic rings. The minimum atomic E-state index is -0.769. The van der Waals surface area contributed by atoms with Gasteiger partial charge < -0.3 is 4.57 Å². The van der Waals surface area contributed by atoms with Gasteiger partial charge in [-0.15, -0.1) is 0 Å². The summed E-state index contributed by atoms with van der Waals surface area (Å²) in [6.45, 7) is 3.63. The van der Waals surface area contributed by atoms with Crippen molar-refractivity contribution >= 4 is 11.8 Å². The Balaban J connectivity index is 1.73. The molecule has 0 fully saturated rings. The van der Waals surface area contributed by atoms with Crippen molar-refractivity contribution < 1.29 is 9.59 Å². The number of hydrazine groups is 1. The smallest absolute Gasteiger partial charge is 0.271 e. The van der Waals surface area contributed by atoms with Crippen molar-refractivity contribution in [2.45, 2.75) is 19.3 Å². The normalized spacial score (nSPS) is 11.0. The number of benzene rings is 2. The predicted molar refractivity (Wildman–Crippen MR) is 101 cm³/mol. The second-order valence-electron chi connectivity index (χ2n) is 6.51. The van der Waals surface area contributed by atoms with Crippen LogP contribution in [0.15, 0.2) is 79.1 Å². The Bertz CT molecular complexity index is 900. The van der Waals surface area contributed by atoms with Crippen molar-refractivity contribution in [3.8, 4) is 5.69 Å². The van der Waals surface area contributed by atoms with Crippen LogP contribution < -0.4 is 10.9 Å². The molecular weight excluding hydrogens is 326 g/mol. The Morgan fingerprint density at radius 1 is 0.808 bits per heavy atom. The number of carbonyl (C=O) groups is 2. The molecule has 1 aromatic heterocycles. The molecule has 0 bridgehead atoms. The molecule has 0 aliphatic heterocycles. The lowest BCUT2D eigenvalue weighted by atomic mass is 9.84. The summed E-state index contributed by atoms with van der Waals surface area (Å²) >= 11 is 0. The van der Waals surface area contributed by atoms with Gasteiger partial charge in [0.25, 0.3) is 5.91 Å². The molecular formula is C21H21N3O2. The number of rotatable bonds is 4. The third-order valence-corrected chi connectivity index (χ3v) is 4.38. The predicted octanol–water partition coefficient (Wildman–Crippen LogP) is 3.22. The van der Waals surface area contributed by atoms with Crippen molar-refractivity contribution in [3.63, 3.8) is 0 Å². The van der Waals surface area contributed by atoms with Gasteiger partial charge in [-0.1, -0.05) is 42.5 Å². The van der Waals surface area contributed by atoms with Crippen LogP contribution in [0.4, 0.5) is 0 Å². The Morgan fingerprint density at radius 3 is 2.12 bits per heavy atom. The topological polar surface area (TPSA) is 63.1 Å². The Kier molecular flexibility index (Phi) is 4.89. The lowest BCUT2D eigenvalue weighted by Crippen LogP contribution is -2.49. The fourth-order valence-electron chi connectivity index (χ4n) is 2.71. The van der Waals surface area contributed by atoms with E-state index in [2.05, 4.69) is 10.9 Å². The summed E-state index contributed by atoms with van der Waals surface area (Å²) in [5.41, 5.74) is 6.39. The minimum Gasteiger partial charge on any atom is -0.323 e. The Morgan fingerprint density at radius 2 is 1.42 bits per heavy atom. The summed E-state index contributed by atoms with van der Waals surface area (Å²) in [5.74, 6) is -0.651. The fourth-order valence-corrected chi connectivity index (χ4v) is 2.71. The second kappa shape index (κ2) is 7.27. The van der Waals surface area contributed by atoms with Crippen LogP contribution in [0, 0.1) is 0 Å². The fraction of sp³-hybridized carbons (Fsp3) is 0.143. The lowest BCUT2D eigenvalue weighted by molar-refractivity contribution is -0.126. The first-order valence-corrected chi connectivity index (χ1v) is 8.39. The molecule has 0 saturated heterocycles. The highest BCUT2D eigenvalue weighted by Crippen LogP contribution is 2.22. The van der Waals surface area contributed by atoms with E-state index < -0.39 is 5.41 Å². The summed E-state index contributed by atoms with van der Waals surface area (Å²) in [7, 11) is 0. The molecule has 0 aliphatic carbocycles. The van der Waals surface area contributed by atoms with Gasteiger partial charge in [0.1, 0.15) is 0 Å². The number of carbonyl (C=O) groups excluding carboxylic acids is 2. The van der Waals surface area contributed by atoms with Crippen LogP contribution in [0.25, 0.3) is 5.69 Å². The number of nitrogens with zero attached hydrogens (tertiary/aromatic N) is 1. The van der Waals surface area contributed by atoms with Gasteiger partial charge in [0.15, 0.2) is 0 Å². The number of para-hydroxylation sites is 1. The molecule has 3 rings (SSSR count). The zero-order valence-corrected chi connectivity index (χ0v) is 14.8. The first-order valence-electron chi connectivity index (χ1n) is 8.39. The van der Waals surface area contributed by atoms with E-state index in [1.54, 1.807) is 12.1 Å². The maximum atomic E-state index is 12.6. The number of aromatic nitrogens is 1. The second-order valence-corrected chi connectivity index (χ2v) is 6.51. The Labute approximate surface area is 152 Å². The molecule has 5 nitrogen and oxygen atoms in total. The number of hydrogen-bond donors (Lipinski definition) is 2. The lowest BCUT2D eigenvalue weighted by Gasteiger charge is -2.24. The average Bonchev–Trinajstić information content (AvgIpc) is 3.21. The first-order chi connectivity index (χ1) is 12.5. The zero-order valence-electron chi connectivity index (χ0n) is 14.8. The van der Waals surface area contributed by atoms with Crippen molar-refractivity contribution in [2.75, 3.05) is 0 Å². The number of hydrogen-bond acceptors (Lipinski definition) is 2. The first kappa shape index (κ1) is 17.5. The Hall–Kier alpha value is -3.34. The molecule has 0 spiro atoms. The maximum absolute atomic E-state index is 12.6. The van der Waals surface area contributed by atoms with Crippen LogP contribution in [0.3, 0.4) is 0 Å². The van der Waals surface area contributed by atoms with E-state index in [9.17, 15) is 9.59 Å². The van der Waals surface area contributed by atoms with E-state index in [-0.39, 0.29) is 11.8 Å². The van der Waals surface area contributed by atoms with Gasteiger partial charge >= 0.3 is 0 Å². The maximum Gasteiger partial charge on any atom is 0.271 e. The van der Waals surface area contributed by atoms with E-state index in [1.807, 2.05) is 85.4 Å². The number of nitrogens with one attached hydrogen (secondary N) is 2. The van der Waals surface area contributed by atoms with Crippen molar-refractivity contribution in [1.82, 2.24) is 15.4 Å². The molecule has 26 heavy (non-hydrogen) atoms. The van der Waals surface area contributed by atoms with Crippen molar-refractivity contribution in [2.24, 2.45) is 0 Å². The van der Waals surface area contributed by atoms with Gasteiger partial charge in [0.2, 0.25) is 5.91 Å². The third-order valence-electron chi connectivity index (χ3n) is 4.38. The molecule has 2 N–H and O–H groups in total. The number of amides is 2. The van der Waals surface area contributed by atoms with Crippen LogP contribution in [-0.2, 0) is 10.2 Å². The van der Waals surface area contributed by atoms with Crippen LogP contribution >= 0.6 is 0 Å². The summed E-state index contributed by atoms with van der Waals surface area (Å²) in [5, 5.41) is 0. The van der Waals surface area contributed by atoms with Gasteiger partial charge in [-0.3, -0.25) is 20.4 Å². The van der Waals surface area contributed by atoms with Crippen LogP contribution in [-0.4, -0.2) is 16.4 Å². The van der Waals surface area contributed by atoms with Gasteiger partial charge in [-0.2, -0.15) is 0 Å². The summed E-state index contributed by atoms with van der Waals surface area (Å²) in [4.78, 5) is 25.2. The average molecular weight is 347 g/mol. The molecule has 5 heteroatoms. The van der Waals surface area contributed by atoms with E-state index >= 15 is 0 Å². The SMILES string of the molecule is CC(C)(C(=O)NNC(=O)c1ccccc1-n1cccc1)c1ccccc1. The zero-order chi connectivity index (χ0) is 18.6. The van der Waals surface area contributed by atoms with E-state index in [1.165, 1.54) is 0 Å². The largest absolute Gasteiger partial charge is 0.323 e. The molecule has 0 radical (unpaired) electrons. The van der Waals surface area contributed by atoms with Gasteiger partial charge in [0.05, 0.1) is 16.7 Å². The summed E-state index contributed by atoms with van der Waals surface area (Å²) in [6, 6.07) is 20.5. The van der Waals surface area contributed by atoms with Crippen LogP contribution in [0.2, 0.25) is 0 Å². The minimum absolute atomic E-state index is 0.282. The van der Waals surface area contributed by atoms with Gasteiger partial charge in [-0.25, -0.2) is 0 Å². The summed E-state index contributed by atoms with van der Waals surface area (Å²) in [6.07, 6.45) is 3.73. The highest BCUT2D eigenvalue weighted by molar-refractivity contribution is 5.99. The highest BCUT2D eigenvalue weighted by Gasteiger charge is 2.30. The van der Waals surface area contributed by atoms with E-state index in [4.69, 9.17) is 0 Å². The quantitative estimate of drug-likeness (QED) is 0.712. The summed E-state index contributed by atoms with van der Waals surface area (Å²) < 4.78 is 1.85. The highest BCUT2D eigenvalue weighted by atomic mass is 16.2. The third kappa shape index (κ3) is 3.52. The van der Waals surface area contributed by atoms with E-state index in [0.29, 0.717) is 5.56 Å². The van der Waals surface area contributed by atoms with Gasteiger partial charge in [0, 0.05) is 12.4 Å². The van der Waals surface area contributed by atoms with Crippen molar-refractivity contribution in [3.05, 3.63) is 90.3 Å². The van der Waals surface area contributed by atoms with Crippen LogP contribution in [0.1, 0.15) is 29.8 Å².